The highest BCUT2D eigenvalue weighted by molar-refractivity contribution is 4.81. The van der Waals surface area contributed by atoms with Crippen molar-refractivity contribution in [1.82, 2.24) is 4.90 Å². The van der Waals surface area contributed by atoms with Crippen molar-refractivity contribution in [3.63, 3.8) is 0 Å². The molecule has 7 heavy (non-hydrogen) atoms. The van der Waals surface area contributed by atoms with Crippen LogP contribution in [0.1, 0.15) is 13.8 Å². The van der Waals surface area contributed by atoms with E-state index in [-0.39, 0.29) is 0 Å². The van der Waals surface area contributed by atoms with E-state index in [0.717, 1.165) is 0 Å². The summed E-state index contributed by atoms with van der Waals surface area (Å²) in [7, 11) is 0. The van der Waals surface area contributed by atoms with E-state index >= 15 is 0 Å². The normalized spacial score (nSPS) is 39.4. The number of hydrogen-bond acceptors (Lipinski definition) is 1. The Bertz CT molecular complexity index is 72.5. The van der Waals surface area contributed by atoms with Crippen molar-refractivity contribution in [2.45, 2.75) is 26.2 Å². The molecule has 2 unspecified atom stereocenters. The van der Waals surface area contributed by atoms with Gasteiger partial charge in [0.1, 0.15) is 0 Å². The molecule has 0 aromatic heterocycles. The van der Waals surface area contributed by atoms with E-state index in [2.05, 4.69) is 0 Å². The molecule has 0 aromatic rings. The lowest BCUT2D eigenvalue weighted by atomic mass is 10.4. The van der Waals surface area contributed by atoms with Crippen LogP contribution in [0.25, 0.3) is 0 Å². The van der Waals surface area contributed by atoms with Crippen molar-refractivity contribution < 1.29 is 4.39 Å². The molecule has 2 heteroatoms. The second-order valence-corrected chi connectivity index (χ2v) is 2.23. The lowest BCUT2D eigenvalue weighted by molar-refractivity contribution is 0.310. The molecule has 0 spiro atoms. The van der Waals surface area contributed by atoms with E-state index in [0.29, 0.717) is 12.6 Å². The first-order chi connectivity index (χ1) is 3.22. The van der Waals surface area contributed by atoms with Crippen LogP contribution in [-0.4, -0.2) is 23.8 Å². The summed E-state index contributed by atoms with van der Waals surface area (Å²) in [5.41, 5.74) is 0. The summed E-state index contributed by atoms with van der Waals surface area (Å²) in [4.78, 5) is 1.79. The molecular formula is C5H10FN. The predicted octanol–water partition coefficient (Wildman–Crippen LogP) is 1.01. The van der Waals surface area contributed by atoms with E-state index in [1.165, 1.54) is 0 Å². The Morgan fingerprint density at radius 3 is 2.14 bits per heavy atom. The maximum Gasteiger partial charge on any atom is 0.166 e. The monoisotopic (exact) mass is 103 g/mol. The third kappa shape index (κ3) is 0.911. The number of alkyl halides is 1. The van der Waals surface area contributed by atoms with E-state index < -0.39 is 6.30 Å². The van der Waals surface area contributed by atoms with Crippen molar-refractivity contribution in [1.29, 1.82) is 0 Å². The maximum absolute atomic E-state index is 12.0. The van der Waals surface area contributed by atoms with Gasteiger partial charge in [0.15, 0.2) is 6.30 Å². The molecule has 0 N–H and O–H groups in total. The van der Waals surface area contributed by atoms with Crippen molar-refractivity contribution in [2.75, 3.05) is 6.54 Å². The summed E-state index contributed by atoms with van der Waals surface area (Å²) in [6.07, 6.45) is -0.625. The minimum atomic E-state index is -0.625. The fraction of sp³-hybridized carbons (Fsp3) is 1.00. The van der Waals surface area contributed by atoms with Crippen LogP contribution in [0, 0.1) is 0 Å². The minimum Gasteiger partial charge on any atom is -0.266 e. The van der Waals surface area contributed by atoms with Crippen molar-refractivity contribution in [3.05, 3.63) is 0 Å². The fourth-order valence-electron chi connectivity index (χ4n) is 0.661. The molecule has 0 radical (unpaired) electrons. The van der Waals surface area contributed by atoms with Crippen LogP contribution in [0.3, 0.4) is 0 Å². The first kappa shape index (κ1) is 5.04. The van der Waals surface area contributed by atoms with E-state index in [4.69, 9.17) is 0 Å². The van der Waals surface area contributed by atoms with E-state index in [9.17, 15) is 4.39 Å². The van der Waals surface area contributed by atoms with Crippen molar-refractivity contribution in [2.24, 2.45) is 0 Å². The Balaban J connectivity index is 2.20. The van der Waals surface area contributed by atoms with Crippen LogP contribution < -0.4 is 0 Å². The molecule has 1 aliphatic heterocycles. The summed E-state index contributed by atoms with van der Waals surface area (Å²) in [5, 5.41) is 0. The van der Waals surface area contributed by atoms with Gasteiger partial charge in [-0.2, -0.15) is 0 Å². The topological polar surface area (TPSA) is 3.01 Å². The summed E-state index contributed by atoms with van der Waals surface area (Å²) in [5.74, 6) is 0. The second-order valence-electron chi connectivity index (χ2n) is 2.23. The Hall–Kier alpha value is -0.110. The number of hydrogen-bond donors (Lipinski definition) is 0. The zero-order valence-corrected chi connectivity index (χ0v) is 4.69. The van der Waals surface area contributed by atoms with Crippen LogP contribution in [-0.2, 0) is 0 Å². The van der Waals surface area contributed by atoms with Crippen LogP contribution in [0.2, 0.25) is 0 Å². The molecule has 1 saturated heterocycles. The highest BCUT2D eigenvalue weighted by atomic mass is 19.1. The molecule has 42 valence electrons. The average molecular weight is 103 g/mol. The first-order valence-corrected chi connectivity index (χ1v) is 2.61. The molecule has 2 atom stereocenters. The van der Waals surface area contributed by atoms with Crippen LogP contribution in [0.5, 0.6) is 0 Å². The predicted molar refractivity (Wildman–Crippen MR) is 26.7 cm³/mol. The molecule has 0 aliphatic carbocycles. The standard InChI is InChI=1S/C5H10FN/c1-4(2)7-3-5(7)6/h4-5H,3H2,1-2H3. The molecule has 0 saturated carbocycles. The van der Waals surface area contributed by atoms with Gasteiger partial charge in [0.2, 0.25) is 0 Å². The van der Waals surface area contributed by atoms with Gasteiger partial charge in [-0.25, -0.2) is 4.39 Å². The number of nitrogens with zero attached hydrogens (tertiary/aromatic N) is 1. The van der Waals surface area contributed by atoms with E-state index in [1.807, 2.05) is 13.8 Å². The van der Waals surface area contributed by atoms with Gasteiger partial charge in [0.25, 0.3) is 0 Å². The molecule has 1 nitrogen and oxygen atoms in total. The highest BCUT2D eigenvalue weighted by Gasteiger charge is 2.35. The highest BCUT2D eigenvalue weighted by Crippen LogP contribution is 2.20. The van der Waals surface area contributed by atoms with Gasteiger partial charge in [-0.3, -0.25) is 4.90 Å². The third-order valence-electron chi connectivity index (χ3n) is 1.25. The van der Waals surface area contributed by atoms with Gasteiger partial charge in [-0.05, 0) is 13.8 Å². The average Bonchev–Trinajstić information content (AvgIpc) is 2.17. The smallest absolute Gasteiger partial charge is 0.166 e. The molecule has 1 aliphatic rings. The largest absolute Gasteiger partial charge is 0.266 e. The summed E-state index contributed by atoms with van der Waals surface area (Å²) >= 11 is 0. The third-order valence-corrected chi connectivity index (χ3v) is 1.25. The van der Waals surface area contributed by atoms with Gasteiger partial charge in [-0.15, -0.1) is 0 Å². The molecule has 1 rings (SSSR count). The van der Waals surface area contributed by atoms with Gasteiger partial charge < -0.3 is 0 Å². The Morgan fingerprint density at radius 2 is 2.14 bits per heavy atom. The SMILES string of the molecule is CC(C)N1CC1F. The molecular weight excluding hydrogens is 93.1 g/mol. The Labute approximate surface area is 43.1 Å². The zero-order valence-electron chi connectivity index (χ0n) is 4.69. The van der Waals surface area contributed by atoms with Gasteiger partial charge in [0, 0.05) is 12.6 Å². The summed E-state index contributed by atoms with van der Waals surface area (Å²) in [6, 6.07) is 0.398. The van der Waals surface area contributed by atoms with Gasteiger partial charge >= 0.3 is 0 Å². The van der Waals surface area contributed by atoms with Gasteiger partial charge in [0.05, 0.1) is 0 Å². The summed E-state index contributed by atoms with van der Waals surface area (Å²) < 4.78 is 12.0. The first-order valence-electron chi connectivity index (χ1n) is 2.61. The quantitative estimate of drug-likeness (QED) is 0.353. The second kappa shape index (κ2) is 1.44. The van der Waals surface area contributed by atoms with Gasteiger partial charge in [-0.1, -0.05) is 0 Å². The lowest BCUT2D eigenvalue weighted by Gasteiger charge is -2.00. The van der Waals surface area contributed by atoms with E-state index in [1.54, 1.807) is 4.90 Å². The van der Waals surface area contributed by atoms with Crippen molar-refractivity contribution in [3.8, 4) is 0 Å². The number of halogens is 1. The molecule has 0 amide bonds. The number of rotatable bonds is 1. The molecule has 1 fully saturated rings. The Morgan fingerprint density at radius 1 is 1.71 bits per heavy atom. The van der Waals surface area contributed by atoms with Crippen LogP contribution in [0.4, 0.5) is 4.39 Å². The molecule has 1 heterocycles. The van der Waals surface area contributed by atoms with Crippen LogP contribution >= 0.6 is 0 Å². The maximum atomic E-state index is 12.0. The summed E-state index contributed by atoms with van der Waals surface area (Å²) in [6.45, 7) is 4.65. The zero-order chi connectivity index (χ0) is 5.44. The minimum absolute atomic E-state index is 0.398. The Kier molecular flexibility index (Phi) is 1.04. The van der Waals surface area contributed by atoms with Crippen molar-refractivity contribution >= 4 is 0 Å². The molecule has 0 bridgehead atoms. The fourth-order valence-corrected chi connectivity index (χ4v) is 0.661. The lowest BCUT2D eigenvalue weighted by Crippen LogP contribution is -2.09. The molecule has 0 aromatic carbocycles. The van der Waals surface area contributed by atoms with Crippen LogP contribution in [0.15, 0.2) is 0 Å².